The van der Waals surface area contributed by atoms with E-state index in [4.69, 9.17) is 19.4 Å². The molecule has 0 radical (unpaired) electrons. The van der Waals surface area contributed by atoms with Gasteiger partial charge >= 0.3 is 73.4 Å². The third-order valence-corrected chi connectivity index (χ3v) is 19.5. The summed E-state index contributed by atoms with van der Waals surface area (Å²) in [4.78, 5) is 5.13. The van der Waals surface area contributed by atoms with Crippen molar-refractivity contribution in [3.05, 3.63) is 77.1 Å². The molecule has 294 valence electrons. The maximum absolute atomic E-state index is 5.67. The predicted molar refractivity (Wildman–Crippen MR) is 231 cm³/mol. The fourth-order valence-electron chi connectivity index (χ4n) is 11.2. The van der Waals surface area contributed by atoms with Crippen molar-refractivity contribution >= 4 is 31.9 Å². The fourth-order valence-corrected chi connectivity index (χ4v) is 18.2. The topological polar surface area (TPSA) is 6.48 Å². The first-order valence-electron chi connectivity index (χ1n) is 21.3. The van der Waals surface area contributed by atoms with Gasteiger partial charge < -0.3 is 9.80 Å². The van der Waals surface area contributed by atoms with E-state index in [2.05, 4.69) is 70.2 Å². The summed E-state index contributed by atoms with van der Waals surface area (Å²) >= 11 is -1.61. The van der Waals surface area contributed by atoms with Crippen LogP contribution in [0.15, 0.2) is 64.9 Å². The Morgan fingerprint density at radius 1 is 0.750 bits per heavy atom. The molecule has 4 fully saturated rings. The molecule has 0 spiro atoms. The molecular weight excluding hydrogens is 783 g/mol. The number of allylic oxidation sites excluding steroid dienone is 5. The number of benzene rings is 1. The molecule has 1 heterocycles. The molecule has 1 unspecified atom stereocenters. The molecule has 52 heavy (non-hydrogen) atoms. The molecule has 6 heteroatoms. The van der Waals surface area contributed by atoms with Crippen molar-refractivity contribution in [1.29, 1.82) is 0 Å². The van der Waals surface area contributed by atoms with Crippen molar-refractivity contribution in [3.8, 4) is 0 Å². The summed E-state index contributed by atoms with van der Waals surface area (Å²) in [6, 6.07) is 10.5. The summed E-state index contributed by atoms with van der Waals surface area (Å²) in [7, 11) is 11.3. The van der Waals surface area contributed by atoms with Crippen LogP contribution in [0.25, 0.3) is 0 Å². The van der Waals surface area contributed by atoms with Crippen LogP contribution in [0.5, 0.6) is 0 Å². The quantitative estimate of drug-likeness (QED) is 0.122. The fraction of sp³-hybridized carbons (Fsp3) is 0.696. The van der Waals surface area contributed by atoms with Crippen LogP contribution >= 0.6 is 27.3 Å². The van der Waals surface area contributed by atoms with Crippen LogP contribution < -0.4 is 0 Å². The summed E-state index contributed by atoms with van der Waals surface area (Å²) in [5, 5.41) is 0. The average molecular weight is 857 g/mol. The molecule has 6 aliphatic rings. The SMILES string of the molecule is C1CCC([PH+](C2CCCCC2)C2CCCCC2)CC1.CC1=CC(C)=C(N2[CH-]N([C@H]3C(C)=CC(C)C[C@H]3C)CC2)[C@@H](C)C1.[Cl][Ru]([Cl])=[CH]c1ccccc1. The number of hydrogen-bond donors (Lipinski definition) is 0. The van der Waals surface area contributed by atoms with Gasteiger partial charge in [-0.1, -0.05) is 63.3 Å². The van der Waals surface area contributed by atoms with Gasteiger partial charge in [0.15, 0.2) is 0 Å². The molecule has 0 amide bonds. The van der Waals surface area contributed by atoms with Gasteiger partial charge in [0.25, 0.3) is 0 Å². The Balaban J connectivity index is 0.000000162. The first kappa shape index (κ1) is 42.8. The molecule has 1 saturated heterocycles. The van der Waals surface area contributed by atoms with Crippen LogP contribution in [0, 0.1) is 24.4 Å². The number of rotatable bonds is 6. The van der Waals surface area contributed by atoms with E-state index in [0.29, 0.717) is 12.0 Å². The van der Waals surface area contributed by atoms with E-state index in [-0.39, 0.29) is 7.92 Å². The molecule has 2 nitrogen and oxygen atoms in total. The Hall–Kier alpha value is -0.297. The van der Waals surface area contributed by atoms with Crippen molar-refractivity contribution in [3.63, 3.8) is 0 Å². The van der Waals surface area contributed by atoms with Gasteiger partial charge in [-0.15, -0.1) is 0 Å². The van der Waals surface area contributed by atoms with Crippen molar-refractivity contribution in [2.45, 2.75) is 174 Å². The Kier molecular flexibility index (Phi) is 18.0. The van der Waals surface area contributed by atoms with Crippen molar-refractivity contribution in [2.75, 3.05) is 13.1 Å². The third-order valence-electron chi connectivity index (χ3n) is 13.0. The van der Waals surface area contributed by atoms with Crippen LogP contribution in [0.1, 0.15) is 156 Å². The summed E-state index contributed by atoms with van der Waals surface area (Å²) in [5.74, 6) is 2.11. The minimum atomic E-state index is -1.61. The molecule has 1 aromatic rings. The van der Waals surface area contributed by atoms with E-state index < -0.39 is 13.5 Å². The van der Waals surface area contributed by atoms with E-state index in [1.807, 2.05) is 34.9 Å². The van der Waals surface area contributed by atoms with Gasteiger partial charge in [-0.25, -0.2) is 0 Å². The van der Waals surface area contributed by atoms with Crippen LogP contribution in [0.3, 0.4) is 0 Å². The predicted octanol–water partition coefficient (Wildman–Crippen LogP) is 13.9. The molecule has 3 saturated carbocycles. The summed E-state index contributed by atoms with van der Waals surface area (Å²) < 4.78 is 1.92. The zero-order chi connectivity index (χ0) is 37.0. The van der Waals surface area contributed by atoms with Gasteiger partial charge in [0.2, 0.25) is 0 Å². The Morgan fingerprint density at radius 2 is 1.29 bits per heavy atom. The molecule has 0 aromatic heterocycles. The number of hydrogen-bond acceptors (Lipinski definition) is 2. The molecule has 4 atom stereocenters. The van der Waals surface area contributed by atoms with Gasteiger partial charge in [0.1, 0.15) is 0 Å². The van der Waals surface area contributed by atoms with E-state index in [0.717, 1.165) is 30.5 Å². The van der Waals surface area contributed by atoms with Gasteiger partial charge in [0.05, 0.1) is 17.0 Å². The van der Waals surface area contributed by atoms with E-state index in [1.165, 1.54) is 46.7 Å². The Labute approximate surface area is 334 Å². The monoisotopic (exact) mass is 856 g/mol. The van der Waals surface area contributed by atoms with Crippen LogP contribution in [0.2, 0.25) is 0 Å². The molecule has 5 aliphatic carbocycles. The maximum atomic E-state index is 5.67. The molecule has 7 rings (SSSR count). The van der Waals surface area contributed by atoms with Crippen molar-refractivity contribution in [2.24, 2.45) is 17.8 Å². The second kappa shape index (κ2) is 21.9. The molecule has 0 N–H and O–H groups in total. The first-order chi connectivity index (χ1) is 25.1. The van der Waals surface area contributed by atoms with Gasteiger partial charge in [-0.05, 0) is 153 Å². The van der Waals surface area contributed by atoms with Crippen LogP contribution in [-0.2, 0) is 13.5 Å². The van der Waals surface area contributed by atoms with Crippen molar-refractivity contribution in [1.82, 2.24) is 9.80 Å². The summed E-state index contributed by atoms with van der Waals surface area (Å²) in [6.45, 7) is 18.7. The molecular formula is C46H73Cl2N2PRu. The van der Waals surface area contributed by atoms with Gasteiger partial charge in [0, 0.05) is 14.0 Å². The zero-order valence-electron chi connectivity index (χ0n) is 33.7. The van der Waals surface area contributed by atoms with Crippen LogP contribution in [-0.4, -0.2) is 50.5 Å². The Morgan fingerprint density at radius 3 is 1.77 bits per heavy atom. The van der Waals surface area contributed by atoms with Crippen LogP contribution in [0.4, 0.5) is 0 Å². The van der Waals surface area contributed by atoms with Gasteiger partial charge in [-0.3, -0.25) is 0 Å². The summed E-state index contributed by atoms with van der Waals surface area (Å²) in [5.41, 5.74) is 10.9. The van der Waals surface area contributed by atoms with E-state index in [1.54, 1.807) is 102 Å². The van der Waals surface area contributed by atoms with E-state index in [9.17, 15) is 0 Å². The Bertz CT molecular complexity index is 1310. The second-order valence-electron chi connectivity index (χ2n) is 17.5. The third kappa shape index (κ3) is 12.6. The van der Waals surface area contributed by atoms with Crippen molar-refractivity contribution < 1.29 is 13.5 Å². The standard InChI is InChI=1S/C21H33N2.C18H33P.C7H6.2ClH.Ru/c1-14-9-16(3)20(17(4)10-14)22-7-8-23(13-22)21-18(5)11-15(2)12-19(21)6;1-4-10-16(11-5-1)19(17-12-6-2-7-13-17)18-14-8-3-9-15-18;1-7-5-3-2-4-6-7;;;/h9,11,13-14,17,19-20H,7-8,10,12H2,1-6H3;16-18H,1-15H2;1-6H;2*1H;/q-1;;;;;+2/p-1/t14?,17-,19+,20+;;;;;/m1...../s1. The normalized spacial score (nSPS) is 28.7. The van der Waals surface area contributed by atoms with Gasteiger partial charge in [-0.2, -0.15) is 6.67 Å². The first-order valence-corrected chi connectivity index (χ1v) is 28.5. The average Bonchev–Trinajstić information content (AvgIpc) is 3.58. The molecule has 1 aromatic carbocycles. The number of halogens is 2. The second-order valence-corrected chi connectivity index (χ2v) is 26.7. The van der Waals surface area contributed by atoms with E-state index >= 15 is 0 Å². The molecule has 0 bridgehead atoms. The zero-order valence-corrected chi connectivity index (χ0v) is 37.9. The minimum absolute atomic E-state index is 0.0465. The molecule has 1 aliphatic heterocycles. The summed E-state index contributed by atoms with van der Waals surface area (Å²) in [6.07, 6.45) is 31.2. The number of nitrogens with zero attached hydrogens (tertiary/aromatic N) is 2.